The zero-order valence-corrected chi connectivity index (χ0v) is 22.3. The average molecular weight is 537 g/mol. The molecule has 0 bridgehead atoms. The molecular formula is C28H32N4O5S. The Hall–Kier alpha value is -3.63. The van der Waals surface area contributed by atoms with Crippen molar-refractivity contribution in [1.82, 2.24) is 19.9 Å². The van der Waals surface area contributed by atoms with Crippen LogP contribution < -0.4 is 10.6 Å². The van der Waals surface area contributed by atoms with Crippen LogP contribution in [-0.4, -0.2) is 60.5 Å². The molecule has 0 radical (unpaired) electrons. The van der Waals surface area contributed by atoms with E-state index in [1.54, 1.807) is 24.3 Å². The van der Waals surface area contributed by atoms with Gasteiger partial charge in [-0.3, -0.25) is 14.4 Å². The van der Waals surface area contributed by atoms with E-state index in [1.165, 1.54) is 12.3 Å². The van der Waals surface area contributed by atoms with Crippen molar-refractivity contribution in [2.45, 2.75) is 50.2 Å². The number of hydrogen-bond donors (Lipinski definition) is 2. The number of pyridine rings is 1. The molecule has 1 aliphatic rings. The van der Waals surface area contributed by atoms with Gasteiger partial charge in [0, 0.05) is 18.3 Å². The lowest BCUT2D eigenvalue weighted by atomic mass is 10.0. The van der Waals surface area contributed by atoms with Crippen LogP contribution in [0.15, 0.2) is 71.9 Å². The fourth-order valence-electron chi connectivity index (χ4n) is 4.53. The highest BCUT2D eigenvalue weighted by molar-refractivity contribution is 7.89. The SMILES string of the molecule is CC(C)C[C@H](NC(=O)c1ccc2ccccc2c1)C(=O)NC1CCCN(S(=O)(=O)c2ccccn2)CC1=O. The number of aromatic nitrogens is 1. The van der Waals surface area contributed by atoms with Crippen molar-refractivity contribution >= 4 is 38.4 Å². The number of benzene rings is 2. The smallest absolute Gasteiger partial charge is 0.260 e. The highest BCUT2D eigenvalue weighted by Crippen LogP contribution is 2.19. The quantitative estimate of drug-likeness (QED) is 0.456. The van der Waals surface area contributed by atoms with Crippen LogP contribution in [0.4, 0.5) is 0 Å². The minimum Gasteiger partial charge on any atom is -0.344 e. The van der Waals surface area contributed by atoms with E-state index in [9.17, 15) is 22.8 Å². The normalized spacial score (nSPS) is 17.7. The molecule has 9 nitrogen and oxygen atoms in total. The molecule has 1 saturated heterocycles. The van der Waals surface area contributed by atoms with E-state index in [0.717, 1.165) is 15.1 Å². The number of carbonyl (C=O) groups is 3. The second kappa shape index (κ2) is 11.8. The number of nitrogens with zero attached hydrogens (tertiary/aromatic N) is 2. The van der Waals surface area contributed by atoms with Gasteiger partial charge >= 0.3 is 0 Å². The minimum atomic E-state index is -3.93. The first-order valence-electron chi connectivity index (χ1n) is 12.7. The first-order chi connectivity index (χ1) is 18.1. The van der Waals surface area contributed by atoms with Crippen molar-refractivity contribution in [3.63, 3.8) is 0 Å². The molecule has 0 aliphatic carbocycles. The van der Waals surface area contributed by atoms with Gasteiger partial charge < -0.3 is 10.6 Å². The molecule has 1 aromatic heterocycles. The Bertz CT molecular complexity index is 1430. The van der Waals surface area contributed by atoms with Gasteiger partial charge in [-0.2, -0.15) is 4.31 Å². The van der Waals surface area contributed by atoms with Crippen LogP contribution in [0.3, 0.4) is 0 Å². The Morgan fingerprint density at radius 2 is 1.79 bits per heavy atom. The molecule has 4 rings (SSSR count). The third kappa shape index (κ3) is 6.43. The molecule has 0 saturated carbocycles. The maximum Gasteiger partial charge on any atom is 0.260 e. The Labute approximate surface area is 222 Å². The van der Waals surface area contributed by atoms with Gasteiger partial charge in [-0.15, -0.1) is 0 Å². The predicted molar refractivity (Wildman–Crippen MR) is 144 cm³/mol. The number of fused-ring (bicyclic) bond motifs is 1. The molecule has 3 aromatic rings. The van der Waals surface area contributed by atoms with Crippen LogP contribution in [0.1, 0.15) is 43.5 Å². The molecule has 2 heterocycles. The second-order valence-corrected chi connectivity index (χ2v) is 11.8. The summed E-state index contributed by atoms with van der Waals surface area (Å²) in [7, 11) is -3.93. The summed E-state index contributed by atoms with van der Waals surface area (Å²) in [6.07, 6.45) is 2.45. The Morgan fingerprint density at radius 3 is 2.50 bits per heavy atom. The Morgan fingerprint density at radius 1 is 1.05 bits per heavy atom. The van der Waals surface area contributed by atoms with E-state index >= 15 is 0 Å². The lowest BCUT2D eigenvalue weighted by Gasteiger charge is -2.23. The maximum atomic E-state index is 13.3. The van der Waals surface area contributed by atoms with Gasteiger partial charge in [0.1, 0.15) is 6.04 Å². The van der Waals surface area contributed by atoms with Crippen molar-refractivity contribution in [2.75, 3.05) is 13.1 Å². The molecular weight excluding hydrogens is 504 g/mol. The fraction of sp³-hybridized carbons (Fsp3) is 0.357. The molecule has 2 aromatic carbocycles. The van der Waals surface area contributed by atoms with Crippen molar-refractivity contribution in [1.29, 1.82) is 0 Å². The molecule has 1 aliphatic heterocycles. The predicted octanol–water partition coefficient (Wildman–Crippen LogP) is 2.92. The lowest BCUT2D eigenvalue weighted by molar-refractivity contribution is -0.129. The van der Waals surface area contributed by atoms with E-state index in [4.69, 9.17) is 0 Å². The molecule has 10 heteroatoms. The summed E-state index contributed by atoms with van der Waals surface area (Å²) >= 11 is 0. The highest BCUT2D eigenvalue weighted by Gasteiger charge is 2.34. The van der Waals surface area contributed by atoms with E-state index in [0.29, 0.717) is 24.8 Å². The van der Waals surface area contributed by atoms with E-state index < -0.39 is 33.8 Å². The summed E-state index contributed by atoms with van der Waals surface area (Å²) in [5.41, 5.74) is 0.436. The summed E-state index contributed by atoms with van der Waals surface area (Å²) in [6.45, 7) is 3.67. The monoisotopic (exact) mass is 536 g/mol. The first-order valence-corrected chi connectivity index (χ1v) is 14.1. The largest absolute Gasteiger partial charge is 0.344 e. The first kappa shape index (κ1) is 27.4. The third-order valence-corrected chi connectivity index (χ3v) is 8.28. The van der Waals surface area contributed by atoms with E-state index in [-0.39, 0.29) is 29.9 Å². The number of amides is 2. The zero-order valence-electron chi connectivity index (χ0n) is 21.5. The van der Waals surface area contributed by atoms with Crippen LogP contribution in [0.25, 0.3) is 10.8 Å². The zero-order chi connectivity index (χ0) is 27.3. The van der Waals surface area contributed by atoms with Gasteiger partial charge in [0.2, 0.25) is 5.91 Å². The van der Waals surface area contributed by atoms with Crippen LogP contribution in [-0.2, 0) is 19.6 Å². The third-order valence-electron chi connectivity index (χ3n) is 6.52. The highest BCUT2D eigenvalue weighted by atomic mass is 32.2. The van der Waals surface area contributed by atoms with Crippen molar-refractivity contribution < 1.29 is 22.8 Å². The standard InChI is InChI=1S/C28H32N4O5S/c1-19(2)16-24(31-27(34)22-13-12-20-8-3-4-9-21(20)17-22)28(35)30-23-10-7-15-32(18-25(23)33)38(36,37)26-11-5-6-14-29-26/h3-6,8-9,11-14,17,19,23-24H,7,10,15-16,18H2,1-2H3,(H,30,35)(H,31,34)/t23?,24-/m0/s1. The number of nitrogens with one attached hydrogen (secondary N) is 2. The number of hydrogen-bond acceptors (Lipinski definition) is 6. The van der Waals surface area contributed by atoms with Crippen LogP contribution in [0.5, 0.6) is 0 Å². The Balaban J connectivity index is 1.44. The Kier molecular flexibility index (Phi) is 8.53. The van der Waals surface area contributed by atoms with E-state index in [2.05, 4.69) is 15.6 Å². The molecule has 1 unspecified atom stereocenters. The van der Waals surface area contributed by atoms with Crippen molar-refractivity contribution in [2.24, 2.45) is 5.92 Å². The minimum absolute atomic E-state index is 0.103. The van der Waals surface area contributed by atoms with Crippen molar-refractivity contribution in [3.05, 3.63) is 72.4 Å². The number of Topliss-reactive ketones (excluding diaryl/α,β-unsaturated/α-hetero) is 1. The summed E-state index contributed by atoms with van der Waals surface area (Å²) in [5.74, 6) is -1.14. The second-order valence-electron chi connectivity index (χ2n) is 9.89. The van der Waals surface area contributed by atoms with Crippen LogP contribution >= 0.6 is 0 Å². The topological polar surface area (TPSA) is 126 Å². The summed E-state index contributed by atoms with van der Waals surface area (Å²) in [6, 6.07) is 15.9. The number of rotatable bonds is 8. The number of sulfonamides is 1. The summed E-state index contributed by atoms with van der Waals surface area (Å²) < 4.78 is 27.0. The summed E-state index contributed by atoms with van der Waals surface area (Å²) in [5, 5.41) is 7.40. The molecule has 38 heavy (non-hydrogen) atoms. The van der Waals surface area contributed by atoms with Gasteiger partial charge in [-0.25, -0.2) is 13.4 Å². The van der Waals surface area contributed by atoms with Gasteiger partial charge in [-0.05, 0) is 60.2 Å². The molecule has 2 N–H and O–H groups in total. The molecule has 2 atom stereocenters. The molecule has 1 fully saturated rings. The van der Waals surface area contributed by atoms with Crippen LogP contribution in [0.2, 0.25) is 0 Å². The average Bonchev–Trinajstić information content (AvgIpc) is 3.09. The lowest BCUT2D eigenvalue weighted by Crippen LogP contribution is -2.52. The van der Waals surface area contributed by atoms with Gasteiger partial charge in [0.25, 0.3) is 15.9 Å². The maximum absolute atomic E-state index is 13.3. The number of ketones is 1. The van der Waals surface area contributed by atoms with Gasteiger partial charge in [0.15, 0.2) is 10.8 Å². The number of carbonyl (C=O) groups excluding carboxylic acids is 3. The molecule has 0 spiro atoms. The molecule has 200 valence electrons. The van der Waals surface area contributed by atoms with Crippen LogP contribution in [0, 0.1) is 5.92 Å². The fourth-order valence-corrected chi connectivity index (χ4v) is 5.91. The van der Waals surface area contributed by atoms with E-state index in [1.807, 2.05) is 44.2 Å². The van der Waals surface area contributed by atoms with Gasteiger partial charge in [0.05, 0.1) is 12.6 Å². The molecule has 2 amide bonds. The van der Waals surface area contributed by atoms with Crippen molar-refractivity contribution in [3.8, 4) is 0 Å². The summed E-state index contributed by atoms with van der Waals surface area (Å²) in [4.78, 5) is 43.3. The van der Waals surface area contributed by atoms with Gasteiger partial charge in [-0.1, -0.05) is 50.2 Å².